The van der Waals surface area contributed by atoms with Crippen LogP contribution in [0.4, 0.5) is 5.13 Å². The molecule has 0 fully saturated rings. The third kappa shape index (κ3) is 3.36. The average Bonchev–Trinajstić information content (AvgIpc) is 3.21. The van der Waals surface area contributed by atoms with Gasteiger partial charge in [-0.05, 0) is 19.1 Å². The van der Waals surface area contributed by atoms with Gasteiger partial charge in [-0.2, -0.15) is 0 Å². The number of carbonyl (C=O) groups is 1. The lowest BCUT2D eigenvalue weighted by Crippen LogP contribution is -2.14. The first-order valence-electron chi connectivity index (χ1n) is 7.71. The van der Waals surface area contributed by atoms with E-state index in [0.717, 1.165) is 5.01 Å². The van der Waals surface area contributed by atoms with Gasteiger partial charge in [0.15, 0.2) is 5.69 Å². The Labute approximate surface area is 148 Å². The van der Waals surface area contributed by atoms with Crippen LogP contribution in [0.5, 0.6) is 5.75 Å². The van der Waals surface area contributed by atoms with Crippen molar-refractivity contribution in [2.75, 3.05) is 12.4 Å². The summed E-state index contributed by atoms with van der Waals surface area (Å²) in [6.07, 6.45) is 0. The number of para-hydroxylation sites is 2. The number of nitrogens with one attached hydrogen (secondary N) is 1. The molecule has 0 saturated carbocycles. The van der Waals surface area contributed by atoms with E-state index < -0.39 is 0 Å². The number of anilines is 1. The number of amides is 1. The molecule has 2 heterocycles. The molecule has 3 aromatic rings. The smallest absolute Gasteiger partial charge is 0.279 e. The third-order valence-corrected chi connectivity index (χ3v) is 4.72. The van der Waals surface area contributed by atoms with Crippen LogP contribution in [-0.2, 0) is 0 Å². The molecule has 0 aliphatic heterocycles. The van der Waals surface area contributed by atoms with Crippen LogP contribution in [0.25, 0.3) is 5.69 Å². The Hall–Kier alpha value is -2.81. The van der Waals surface area contributed by atoms with Crippen LogP contribution >= 0.6 is 11.3 Å². The molecule has 0 unspecified atom stereocenters. The Morgan fingerprint density at radius 1 is 1.24 bits per heavy atom. The first kappa shape index (κ1) is 17.0. The second-order valence-corrected chi connectivity index (χ2v) is 6.67. The lowest BCUT2D eigenvalue weighted by atomic mass is 10.2. The fourth-order valence-corrected chi connectivity index (χ4v) is 2.99. The highest BCUT2D eigenvalue weighted by Gasteiger charge is 2.20. The van der Waals surface area contributed by atoms with Crippen molar-refractivity contribution in [3.05, 3.63) is 40.7 Å². The highest BCUT2D eigenvalue weighted by molar-refractivity contribution is 7.15. The molecule has 0 aliphatic rings. The van der Waals surface area contributed by atoms with Crippen molar-refractivity contribution in [2.24, 2.45) is 0 Å². The maximum atomic E-state index is 12.5. The highest BCUT2D eigenvalue weighted by atomic mass is 32.1. The molecule has 0 spiro atoms. The Balaban J connectivity index is 1.86. The second kappa shape index (κ2) is 6.98. The summed E-state index contributed by atoms with van der Waals surface area (Å²) in [5.74, 6) is 0.537. The van der Waals surface area contributed by atoms with Gasteiger partial charge in [0, 0.05) is 5.92 Å². The van der Waals surface area contributed by atoms with Crippen LogP contribution in [0.3, 0.4) is 0 Å². The van der Waals surface area contributed by atoms with Gasteiger partial charge < -0.3 is 4.74 Å². The molecule has 3 rings (SSSR count). The molecule has 0 atom stereocenters. The Bertz CT molecular complexity index is 902. The Morgan fingerprint density at radius 2 is 2.00 bits per heavy atom. The molecule has 0 aliphatic carbocycles. The van der Waals surface area contributed by atoms with E-state index in [4.69, 9.17) is 4.74 Å². The number of ether oxygens (including phenoxy) is 1. The zero-order valence-electron chi connectivity index (χ0n) is 14.3. The van der Waals surface area contributed by atoms with Gasteiger partial charge in [0.25, 0.3) is 5.91 Å². The van der Waals surface area contributed by atoms with E-state index in [1.807, 2.05) is 38.1 Å². The molecular formula is C16H18N6O2S. The number of rotatable bonds is 5. The van der Waals surface area contributed by atoms with Crippen molar-refractivity contribution < 1.29 is 9.53 Å². The summed E-state index contributed by atoms with van der Waals surface area (Å²) >= 11 is 1.35. The summed E-state index contributed by atoms with van der Waals surface area (Å²) in [6, 6.07) is 7.41. The van der Waals surface area contributed by atoms with E-state index in [2.05, 4.69) is 25.8 Å². The molecule has 130 valence electrons. The monoisotopic (exact) mass is 358 g/mol. The van der Waals surface area contributed by atoms with E-state index in [0.29, 0.717) is 22.3 Å². The molecular weight excluding hydrogens is 340 g/mol. The molecule has 2 aromatic heterocycles. The molecule has 9 heteroatoms. The fraction of sp³-hybridized carbons (Fsp3) is 0.312. The summed E-state index contributed by atoms with van der Waals surface area (Å²) in [4.78, 5) is 12.5. The van der Waals surface area contributed by atoms with Crippen molar-refractivity contribution >= 4 is 22.4 Å². The average molecular weight is 358 g/mol. The number of hydrogen-bond acceptors (Lipinski definition) is 7. The van der Waals surface area contributed by atoms with Gasteiger partial charge in [-0.25, -0.2) is 4.68 Å². The Morgan fingerprint density at radius 3 is 2.68 bits per heavy atom. The summed E-state index contributed by atoms with van der Waals surface area (Å²) < 4.78 is 6.92. The standard InChI is InChI=1S/C16H18N6O2S/c1-9(2)15-19-20-16(25-15)17-14(23)13-10(3)22(21-18-13)11-7-5-6-8-12(11)24-4/h5-9H,1-4H3,(H,17,20,23). The first-order chi connectivity index (χ1) is 12.0. The van der Waals surface area contributed by atoms with Crippen molar-refractivity contribution in [1.29, 1.82) is 0 Å². The first-order valence-corrected chi connectivity index (χ1v) is 8.53. The van der Waals surface area contributed by atoms with Gasteiger partial charge in [-0.1, -0.05) is 42.5 Å². The summed E-state index contributed by atoms with van der Waals surface area (Å²) in [5, 5.41) is 20.2. The highest BCUT2D eigenvalue weighted by Crippen LogP contribution is 2.25. The minimum Gasteiger partial charge on any atom is -0.494 e. The van der Waals surface area contributed by atoms with Crippen molar-refractivity contribution in [3.8, 4) is 11.4 Å². The number of carbonyl (C=O) groups excluding carboxylic acids is 1. The molecule has 0 radical (unpaired) electrons. The zero-order valence-corrected chi connectivity index (χ0v) is 15.2. The minimum atomic E-state index is -0.370. The normalized spacial score (nSPS) is 10.9. The summed E-state index contributed by atoms with van der Waals surface area (Å²) in [7, 11) is 1.58. The van der Waals surface area contributed by atoms with E-state index in [-0.39, 0.29) is 17.5 Å². The molecule has 1 amide bonds. The summed E-state index contributed by atoms with van der Waals surface area (Å²) in [6.45, 7) is 5.82. The lowest BCUT2D eigenvalue weighted by Gasteiger charge is -2.08. The van der Waals surface area contributed by atoms with Crippen molar-refractivity contribution in [3.63, 3.8) is 0 Å². The van der Waals surface area contributed by atoms with Gasteiger partial charge in [0.2, 0.25) is 5.13 Å². The SMILES string of the molecule is COc1ccccc1-n1nnc(C(=O)Nc2nnc(C(C)C)s2)c1C. The van der Waals surface area contributed by atoms with Gasteiger partial charge in [-0.15, -0.1) is 15.3 Å². The molecule has 1 aromatic carbocycles. The van der Waals surface area contributed by atoms with Gasteiger partial charge in [0.05, 0.1) is 12.8 Å². The largest absolute Gasteiger partial charge is 0.494 e. The van der Waals surface area contributed by atoms with E-state index in [1.165, 1.54) is 11.3 Å². The Kier molecular flexibility index (Phi) is 4.75. The number of benzene rings is 1. The number of methoxy groups -OCH3 is 1. The number of hydrogen-bond donors (Lipinski definition) is 1. The van der Waals surface area contributed by atoms with Crippen molar-refractivity contribution in [2.45, 2.75) is 26.7 Å². The maximum Gasteiger partial charge on any atom is 0.279 e. The third-order valence-electron chi connectivity index (χ3n) is 3.58. The number of aromatic nitrogens is 5. The molecule has 0 bridgehead atoms. The van der Waals surface area contributed by atoms with Gasteiger partial charge in [0.1, 0.15) is 16.4 Å². The quantitative estimate of drug-likeness (QED) is 0.753. The number of nitrogens with zero attached hydrogens (tertiary/aromatic N) is 5. The van der Waals surface area contributed by atoms with Crippen molar-refractivity contribution in [1.82, 2.24) is 25.2 Å². The molecule has 25 heavy (non-hydrogen) atoms. The molecule has 8 nitrogen and oxygen atoms in total. The van der Waals surface area contributed by atoms with Crippen LogP contribution in [0, 0.1) is 6.92 Å². The van der Waals surface area contributed by atoms with Crippen LogP contribution < -0.4 is 10.1 Å². The van der Waals surface area contributed by atoms with E-state index >= 15 is 0 Å². The van der Waals surface area contributed by atoms with Crippen LogP contribution in [0.2, 0.25) is 0 Å². The molecule has 1 N–H and O–H groups in total. The summed E-state index contributed by atoms with van der Waals surface area (Å²) in [5.41, 5.74) is 1.55. The zero-order chi connectivity index (χ0) is 18.0. The fourth-order valence-electron chi connectivity index (χ4n) is 2.25. The van der Waals surface area contributed by atoms with Gasteiger partial charge in [-0.3, -0.25) is 10.1 Å². The van der Waals surface area contributed by atoms with Gasteiger partial charge >= 0.3 is 0 Å². The second-order valence-electron chi connectivity index (χ2n) is 5.66. The predicted octanol–water partition coefficient (Wildman–Crippen LogP) is 2.81. The van der Waals surface area contributed by atoms with Crippen LogP contribution in [0.1, 0.15) is 41.0 Å². The predicted molar refractivity (Wildman–Crippen MR) is 94.6 cm³/mol. The molecule has 0 saturated heterocycles. The topological polar surface area (TPSA) is 94.8 Å². The van der Waals surface area contributed by atoms with E-state index in [9.17, 15) is 4.79 Å². The minimum absolute atomic E-state index is 0.229. The lowest BCUT2D eigenvalue weighted by molar-refractivity contribution is 0.102. The van der Waals surface area contributed by atoms with E-state index in [1.54, 1.807) is 18.7 Å². The van der Waals surface area contributed by atoms with Crippen LogP contribution in [-0.4, -0.2) is 38.2 Å². The maximum absolute atomic E-state index is 12.5. The van der Waals surface area contributed by atoms with Crippen LogP contribution in [0.15, 0.2) is 24.3 Å².